The van der Waals surface area contributed by atoms with Crippen LogP contribution in [0.4, 0.5) is 11.5 Å². The fourth-order valence-electron chi connectivity index (χ4n) is 3.39. The third-order valence-corrected chi connectivity index (χ3v) is 5.65. The van der Waals surface area contributed by atoms with Crippen molar-refractivity contribution in [2.75, 3.05) is 50.6 Å². The Hall–Kier alpha value is -3.73. The summed E-state index contributed by atoms with van der Waals surface area (Å²) in [4.78, 5) is 8.44. The highest BCUT2D eigenvalue weighted by Gasteiger charge is 2.23. The Bertz CT molecular complexity index is 1160. The van der Waals surface area contributed by atoms with Crippen molar-refractivity contribution in [3.63, 3.8) is 0 Å². The first-order valence-corrected chi connectivity index (χ1v) is 10.7. The van der Waals surface area contributed by atoms with Gasteiger partial charge in [0.15, 0.2) is 11.5 Å². The first kappa shape index (κ1) is 23.9. The molecule has 2 aromatic rings. The fourth-order valence-corrected chi connectivity index (χ4v) is 3.81. The van der Waals surface area contributed by atoms with Crippen LogP contribution in [-0.2, 0) is 0 Å². The zero-order chi connectivity index (χ0) is 24.0. The molecule has 1 aromatic heterocycles. The zero-order valence-corrected chi connectivity index (χ0v) is 19.7. The number of thiocarbonyl (C=S) groups is 1. The second-order valence-corrected chi connectivity index (χ2v) is 7.78. The molecule has 1 saturated heterocycles. The lowest BCUT2D eigenvalue weighted by atomic mass is 10.1. The third-order valence-electron chi connectivity index (χ3n) is 5.13. The molecule has 11 heteroatoms. The summed E-state index contributed by atoms with van der Waals surface area (Å²) in [5.41, 5.74) is 7.12. The van der Waals surface area contributed by atoms with E-state index < -0.39 is 0 Å². The molecule has 1 aliphatic rings. The quantitative estimate of drug-likeness (QED) is 0.274. The molecule has 0 bridgehead atoms. The molecule has 0 atom stereocenters. The number of piperazine rings is 1. The van der Waals surface area contributed by atoms with Crippen molar-refractivity contribution in [2.24, 2.45) is 5.73 Å². The summed E-state index contributed by atoms with van der Waals surface area (Å²) in [6, 6.07) is 12.8. The van der Waals surface area contributed by atoms with Gasteiger partial charge in [0.25, 0.3) is 0 Å². The van der Waals surface area contributed by atoms with Crippen LogP contribution in [-0.4, -0.2) is 55.3 Å². The van der Waals surface area contributed by atoms with Gasteiger partial charge >= 0.3 is 0 Å². The molecular weight excluding hydrogens is 462 g/mol. The van der Waals surface area contributed by atoms with Gasteiger partial charge in [0.1, 0.15) is 39.5 Å². The van der Waals surface area contributed by atoms with Gasteiger partial charge in [-0.15, -0.1) is 0 Å². The summed E-state index contributed by atoms with van der Waals surface area (Å²) in [5, 5.41) is 22.6. The van der Waals surface area contributed by atoms with E-state index in [1.165, 1.54) is 20.3 Å². The Kier molecular flexibility index (Phi) is 7.78. The average Bonchev–Trinajstić information content (AvgIpc) is 2.84. The topological polar surface area (TPSA) is 123 Å². The SMILES string of the molecule is COc1cc(C#N)c(NC(=S)/C(C#N)=C(/N)N2CCN(c3cccc(Cl)n3)CC2)cc1OC. The van der Waals surface area contributed by atoms with Crippen LogP contribution in [0.2, 0.25) is 5.15 Å². The third kappa shape index (κ3) is 5.37. The Morgan fingerprint density at radius 2 is 1.82 bits per heavy atom. The standard InChI is InChI=1S/C22H22ClN7O2S/c1-31-17-10-14(12-24)16(11-18(17)32-2)27-22(33)15(13-25)21(26)30-8-6-29(7-9-30)20-5-3-4-19(23)28-20/h3-5,10-11H,6-9,26H2,1-2H3,(H,27,33)/b21-15-. The maximum atomic E-state index is 9.76. The summed E-state index contributed by atoms with van der Waals surface area (Å²) in [6.45, 7) is 2.46. The molecule has 3 rings (SSSR count). The van der Waals surface area contributed by atoms with Crippen molar-refractivity contribution in [1.82, 2.24) is 9.88 Å². The largest absolute Gasteiger partial charge is 0.493 e. The second-order valence-electron chi connectivity index (χ2n) is 6.98. The molecule has 0 saturated carbocycles. The number of methoxy groups -OCH3 is 2. The van der Waals surface area contributed by atoms with Crippen LogP contribution in [0.1, 0.15) is 5.56 Å². The van der Waals surface area contributed by atoms with Crippen molar-refractivity contribution in [1.29, 1.82) is 10.5 Å². The number of nitrogens with one attached hydrogen (secondary N) is 1. The number of nitriles is 2. The predicted molar refractivity (Wildman–Crippen MR) is 130 cm³/mol. The minimum Gasteiger partial charge on any atom is -0.493 e. The van der Waals surface area contributed by atoms with Gasteiger partial charge < -0.3 is 30.3 Å². The van der Waals surface area contributed by atoms with Crippen molar-refractivity contribution in [3.8, 4) is 23.6 Å². The lowest BCUT2D eigenvalue weighted by molar-refractivity contribution is 0.316. The molecule has 1 aliphatic heterocycles. The Balaban J connectivity index is 1.77. The molecule has 1 aromatic carbocycles. The molecule has 0 amide bonds. The summed E-state index contributed by atoms with van der Waals surface area (Å²) in [5.74, 6) is 1.89. The van der Waals surface area contributed by atoms with Gasteiger partial charge in [-0.1, -0.05) is 29.9 Å². The number of anilines is 2. The van der Waals surface area contributed by atoms with Gasteiger partial charge in [-0.05, 0) is 12.1 Å². The van der Waals surface area contributed by atoms with E-state index in [1.807, 2.05) is 17.0 Å². The van der Waals surface area contributed by atoms with E-state index in [0.29, 0.717) is 48.5 Å². The van der Waals surface area contributed by atoms with E-state index in [4.69, 9.17) is 39.0 Å². The van der Waals surface area contributed by atoms with Gasteiger partial charge in [0, 0.05) is 38.3 Å². The number of hydrogen-bond acceptors (Lipinski definition) is 9. The van der Waals surface area contributed by atoms with Crippen LogP contribution in [0.15, 0.2) is 41.7 Å². The summed E-state index contributed by atoms with van der Waals surface area (Å²) in [6.07, 6.45) is 0. The van der Waals surface area contributed by atoms with Gasteiger partial charge in [-0.2, -0.15) is 10.5 Å². The lowest BCUT2D eigenvalue weighted by Gasteiger charge is -2.37. The Morgan fingerprint density at radius 1 is 1.15 bits per heavy atom. The minimum absolute atomic E-state index is 0.109. The van der Waals surface area contributed by atoms with Crippen molar-refractivity contribution >= 4 is 40.3 Å². The highest BCUT2D eigenvalue weighted by Crippen LogP contribution is 2.33. The summed E-state index contributed by atoms with van der Waals surface area (Å²) < 4.78 is 10.5. The van der Waals surface area contributed by atoms with E-state index in [0.717, 1.165) is 5.82 Å². The van der Waals surface area contributed by atoms with E-state index in [-0.39, 0.29) is 21.9 Å². The van der Waals surface area contributed by atoms with Crippen LogP contribution in [0.3, 0.4) is 0 Å². The highest BCUT2D eigenvalue weighted by molar-refractivity contribution is 7.81. The van der Waals surface area contributed by atoms with E-state index in [9.17, 15) is 10.5 Å². The number of hydrogen-bond donors (Lipinski definition) is 2. The van der Waals surface area contributed by atoms with Gasteiger partial charge in [-0.3, -0.25) is 0 Å². The van der Waals surface area contributed by atoms with Crippen LogP contribution in [0, 0.1) is 22.7 Å². The van der Waals surface area contributed by atoms with Gasteiger partial charge in [-0.25, -0.2) is 4.98 Å². The molecule has 1 fully saturated rings. The number of pyridine rings is 1. The lowest BCUT2D eigenvalue weighted by Crippen LogP contribution is -2.48. The molecule has 170 valence electrons. The Morgan fingerprint density at radius 3 is 2.39 bits per heavy atom. The first-order valence-electron chi connectivity index (χ1n) is 9.91. The maximum absolute atomic E-state index is 9.76. The molecule has 33 heavy (non-hydrogen) atoms. The molecular formula is C22H22ClN7O2S. The number of halogens is 1. The van der Waals surface area contributed by atoms with Crippen LogP contribution >= 0.6 is 23.8 Å². The van der Waals surface area contributed by atoms with E-state index in [2.05, 4.69) is 27.3 Å². The van der Waals surface area contributed by atoms with Crippen molar-refractivity contribution in [2.45, 2.75) is 0 Å². The molecule has 0 unspecified atom stereocenters. The maximum Gasteiger partial charge on any atom is 0.162 e. The number of ether oxygens (including phenoxy) is 2. The van der Waals surface area contributed by atoms with E-state index in [1.54, 1.807) is 12.1 Å². The van der Waals surface area contributed by atoms with Crippen molar-refractivity contribution in [3.05, 3.63) is 52.4 Å². The monoisotopic (exact) mass is 483 g/mol. The predicted octanol–water partition coefficient (Wildman–Crippen LogP) is 2.88. The van der Waals surface area contributed by atoms with Crippen molar-refractivity contribution < 1.29 is 9.47 Å². The van der Waals surface area contributed by atoms with Crippen LogP contribution in [0.25, 0.3) is 0 Å². The van der Waals surface area contributed by atoms with E-state index >= 15 is 0 Å². The minimum atomic E-state index is 0.109. The second kappa shape index (κ2) is 10.7. The summed E-state index contributed by atoms with van der Waals surface area (Å²) >= 11 is 11.4. The zero-order valence-electron chi connectivity index (χ0n) is 18.1. The number of rotatable bonds is 6. The number of nitrogens with two attached hydrogens (primary N) is 1. The fraction of sp³-hybridized carbons (Fsp3) is 0.273. The first-order chi connectivity index (χ1) is 15.9. The average molecular weight is 484 g/mol. The summed E-state index contributed by atoms with van der Waals surface area (Å²) in [7, 11) is 2.97. The van der Waals surface area contributed by atoms with Crippen LogP contribution < -0.4 is 25.4 Å². The Labute approximate surface area is 202 Å². The molecule has 3 N–H and O–H groups in total. The molecule has 0 aliphatic carbocycles. The molecule has 0 spiro atoms. The normalized spacial score (nSPS) is 14.0. The number of nitrogens with zero attached hydrogens (tertiary/aromatic N) is 5. The smallest absolute Gasteiger partial charge is 0.162 e. The van der Waals surface area contributed by atoms with Gasteiger partial charge in [0.2, 0.25) is 0 Å². The van der Waals surface area contributed by atoms with Gasteiger partial charge in [0.05, 0.1) is 25.5 Å². The molecule has 0 radical (unpaired) electrons. The van der Waals surface area contributed by atoms with Crippen LogP contribution in [0.5, 0.6) is 11.5 Å². The number of aromatic nitrogens is 1. The highest BCUT2D eigenvalue weighted by atomic mass is 35.5. The molecule has 9 nitrogen and oxygen atoms in total. The molecule has 2 heterocycles. The number of benzene rings is 1.